The van der Waals surface area contributed by atoms with Gasteiger partial charge in [-0.15, -0.1) is 0 Å². The van der Waals surface area contributed by atoms with Crippen molar-refractivity contribution in [2.24, 2.45) is 16.7 Å². The van der Waals surface area contributed by atoms with Crippen molar-refractivity contribution in [3.05, 3.63) is 22.4 Å². The van der Waals surface area contributed by atoms with Gasteiger partial charge in [-0.1, -0.05) is 20.8 Å². The summed E-state index contributed by atoms with van der Waals surface area (Å²) in [5.41, 5.74) is 0.0774. The molecule has 0 radical (unpaired) electrons. The maximum Gasteiger partial charge on any atom is 0.356 e. The monoisotopic (exact) mass is 264 g/mol. The van der Waals surface area contributed by atoms with Gasteiger partial charge in [0.25, 0.3) is 0 Å². The van der Waals surface area contributed by atoms with Crippen molar-refractivity contribution in [3.63, 3.8) is 0 Å². The van der Waals surface area contributed by atoms with E-state index in [4.69, 9.17) is 4.74 Å². The van der Waals surface area contributed by atoms with E-state index >= 15 is 0 Å². The fourth-order valence-corrected chi connectivity index (χ4v) is 3.94. The van der Waals surface area contributed by atoms with Crippen molar-refractivity contribution in [2.75, 3.05) is 0 Å². The number of fused-ring (bicyclic) bond motifs is 2. The van der Waals surface area contributed by atoms with Crippen molar-refractivity contribution < 1.29 is 9.53 Å². The summed E-state index contributed by atoms with van der Waals surface area (Å²) in [6, 6.07) is 0. The number of H-pyrrole nitrogens is 2. The summed E-state index contributed by atoms with van der Waals surface area (Å²) in [5, 5.41) is 0. The second-order valence-electron chi connectivity index (χ2n) is 6.66. The molecule has 0 aliphatic heterocycles. The lowest BCUT2D eigenvalue weighted by Gasteiger charge is -2.38. The van der Waals surface area contributed by atoms with Gasteiger partial charge in [-0.3, -0.25) is 0 Å². The predicted molar refractivity (Wildman–Crippen MR) is 69.8 cm³/mol. The molecule has 1 aromatic heterocycles. The van der Waals surface area contributed by atoms with Crippen LogP contribution in [0.5, 0.6) is 0 Å². The molecule has 0 saturated heterocycles. The topological polar surface area (TPSA) is 75.0 Å². The quantitative estimate of drug-likeness (QED) is 0.803. The molecule has 1 aromatic rings. The first kappa shape index (κ1) is 12.5. The van der Waals surface area contributed by atoms with Gasteiger partial charge in [-0.2, -0.15) is 0 Å². The van der Waals surface area contributed by atoms with E-state index in [9.17, 15) is 9.59 Å². The van der Waals surface area contributed by atoms with Crippen LogP contribution < -0.4 is 5.69 Å². The van der Waals surface area contributed by atoms with E-state index in [1.54, 1.807) is 0 Å². The zero-order valence-electron chi connectivity index (χ0n) is 11.6. The van der Waals surface area contributed by atoms with Crippen LogP contribution >= 0.6 is 0 Å². The minimum atomic E-state index is -0.437. The summed E-state index contributed by atoms with van der Waals surface area (Å²) in [6.07, 6.45) is 4.58. The Balaban J connectivity index is 1.79. The summed E-state index contributed by atoms with van der Waals surface area (Å²) in [7, 11) is 0. The van der Waals surface area contributed by atoms with Crippen molar-refractivity contribution in [2.45, 2.75) is 46.1 Å². The lowest BCUT2D eigenvalue weighted by Crippen LogP contribution is -2.38. The molecular formula is C14H20N2O3. The largest absolute Gasteiger partial charge is 0.457 e. The van der Waals surface area contributed by atoms with Crippen molar-refractivity contribution in [3.8, 4) is 0 Å². The average Bonchev–Trinajstić information content (AvgIpc) is 2.91. The normalized spacial score (nSPS) is 35.5. The smallest absolute Gasteiger partial charge is 0.356 e. The van der Waals surface area contributed by atoms with Crippen molar-refractivity contribution >= 4 is 5.97 Å². The maximum absolute atomic E-state index is 12.0. The number of ether oxygens (including phenoxy) is 1. The van der Waals surface area contributed by atoms with Crippen LogP contribution in [0.2, 0.25) is 0 Å². The van der Waals surface area contributed by atoms with E-state index in [1.165, 1.54) is 12.6 Å². The maximum atomic E-state index is 12.0. The summed E-state index contributed by atoms with van der Waals surface area (Å²) in [5.74, 6) is 0.188. The second kappa shape index (κ2) is 3.74. The summed E-state index contributed by atoms with van der Waals surface area (Å²) >= 11 is 0. The van der Waals surface area contributed by atoms with E-state index in [1.807, 2.05) is 0 Å². The number of hydrogen-bond acceptors (Lipinski definition) is 3. The zero-order chi connectivity index (χ0) is 13.8. The highest BCUT2D eigenvalue weighted by molar-refractivity contribution is 5.87. The number of carbonyl (C=O) groups is 1. The van der Waals surface area contributed by atoms with E-state index in [0.717, 1.165) is 12.8 Å². The molecule has 5 nitrogen and oxygen atoms in total. The van der Waals surface area contributed by atoms with Crippen LogP contribution in [-0.2, 0) is 4.74 Å². The fourth-order valence-electron chi connectivity index (χ4n) is 3.94. The Morgan fingerprint density at radius 2 is 2.16 bits per heavy atom. The van der Waals surface area contributed by atoms with Gasteiger partial charge in [0.2, 0.25) is 0 Å². The molecular weight excluding hydrogens is 244 g/mol. The van der Waals surface area contributed by atoms with Crippen LogP contribution in [0.1, 0.15) is 50.5 Å². The molecule has 3 rings (SSSR count). The van der Waals surface area contributed by atoms with Crippen LogP contribution in [0.3, 0.4) is 0 Å². The molecule has 5 heteroatoms. The predicted octanol–water partition coefficient (Wildman–Crippen LogP) is 2.07. The molecule has 0 spiro atoms. The van der Waals surface area contributed by atoms with Crippen LogP contribution in [-0.4, -0.2) is 22.0 Å². The number of rotatable bonds is 2. The molecule has 3 atom stereocenters. The molecule has 2 aliphatic rings. The average molecular weight is 264 g/mol. The summed E-state index contributed by atoms with van der Waals surface area (Å²) in [6.45, 7) is 6.77. The van der Waals surface area contributed by atoms with Gasteiger partial charge < -0.3 is 14.7 Å². The number of carbonyl (C=O) groups excluding carboxylic acids is 1. The SMILES string of the molecule is CC1(C)C2CCC1(C)C(OC(=O)c1c[nH]c(=O)[nH]1)C2. The minimum absolute atomic E-state index is 0.0456. The highest BCUT2D eigenvalue weighted by atomic mass is 16.5. The molecule has 2 aliphatic carbocycles. The lowest BCUT2D eigenvalue weighted by molar-refractivity contribution is -0.0246. The Bertz CT molecular complexity index is 571. The molecule has 2 fully saturated rings. The summed E-state index contributed by atoms with van der Waals surface area (Å²) < 4.78 is 5.65. The highest BCUT2D eigenvalue weighted by Gasteiger charge is 2.62. The van der Waals surface area contributed by atoms with Gasteiger partial charge in [0.05, 0.1) is 0 Å². The summed E-state index contributed by atoms with van der Waals surface area (Å²) in [4.78, 5) is 27.9. The molecule has 0 amide bonds. The fraction of sp³-hybridized carbons (Fsp3) is 0.714. The molecule has 2 saturated carbocycles. The number of aromatic nitrogens is 2. The third kappa shape index (κ3) is 1.60. The van der Waals surface area contributed by atoms with Crippen LogP contribution in [0, 0.1) is 16.7 Å². The first-order chi connectivity index (χ1) is 8.84. The Morgan fingerprint density at radius 3 is 2.63 bits per heavy atom. The van der Waals surface area contributed by atoms with E-state index in [2.05, 4.69) is 30.7 Å². The molecule has 2 N–H and O–H groups in total. The molecule has 2 bridgehead atoms. The number of esters is 1. The third-order valence-corrected chi connectivity index (χ3v) is 5.78. The molecule has 0 aromatic carbocycles. The first-order valence-electron chi connectivity index (χ1n) is 6.83. The van der Waals surface area contributed by atoms with E-state index in [0.29, 0.717) is 5.92 Å². The van der Waals surface area contributed by atoms with Crippen molar-refractivity contribution in [1.29, 1.82) is 0 Å². The van der Waals surface area contributed by atoms with Gasteiger partial charge in [-0.25, -0.2) is 9.59 Å². The minimum Gasteiger partial charge on any atom is -0.457 e. The van der Waals surface area contributed by atoms with E-state index < -0.39 is 5.97 Å². The molecule has 3 unspecified atom stereocenters. The highest BCUT2D eigenvalue weighted by Crippen LogP contribution is 2.66. The van der Waals surface area contributed by atoms with Gasteiger partial charge in [0.15, 0.2) is 0 Å². The lowest BCUT2D eigenvalue weighted by atomic mass is 9.70. The Hall–Kier alpha value is -1.52. The second-order valence-corrected chi connectivity index (χ2v) is 6.66. The molecule has 104 valence electrons. The van der Waals surface area contributed by atoms with Gasteiger partial charge in [0.1, 0.15) is 11.8 Å². The number of aromatic amines is 2. The Labute approximate surface area is 111 Å². The molecule has 19 heavy (non-hydrogen) atoms. The van der Waals surface area contributed by atoms with Gasteiger partial charge in [-0.05, 0) is 30.6 Å². The third-order valence-electron chi connectivity index (χ3n) is 5.78. The molecule has 1 heterocycles. The first-order valence-corrected chi connectivity index (χ1v) is 6.83. The number of imidazole rings is 1. The Morgan fingerprint density at radius 1 is 1.42 bits per heavy atom. The van der Waals surface area contributed by atoms with Crippen LogP contribution in [0.15, 0.2) is 11.0 Å². The standard InChI is InChI=1S/C14H20N2O3/c1-13(2)8-4-5-14(13,3)10(6-8)19-11(17)9-7-15-12(18)16-9/h7-8,10H,4-6H2,1-3H3,(H2,15,16,18). The number of nitrogens with one attached hydrogen (secondary N) is 2. The van der Waals surface area contributed by atoms with Gasteiger partial charge >= 0.3 is 11.7 Å². The van der Waals surface area contributed by atoms with Crippen molar-refractivity contribution in [1.82, 2.24) is 9.97 Å². The van der Waals surface area contributed by atoms with Gasteiger partial charge in [0, 0.05) is 11.6 Å². The Kier molecular flexibility index (Phi) is 2.46. The van der Waals surface area contributed by atoms with E-state index in [-0.39, 0.29) is 28.3 Å². The zero-order valence-corrected chi connectivity index (χ0v) is 11.6. The number of hydrogen-bond donors (Lipinski definition) is 2. The van der Waals surface area contributed by atoms with Crippen LogP contribution in [0.4, 0.5) is 0 Å². The van der Waals surface area contributed by atoms with Crippen LogP contribution in [0.25, 0.3) is 0 Å².